The van der Waals surface area contributed by atoms with Crippen molar-refractivity contribution in [2.24, 2.45) is 5.10 Å². The van der Waals surface area contributed by atoms with Crippen LogP contribution in [0.1, 0.15) is 49.7 Å². The number of nitrogens with zero attached hydrogens (tertiary/aromatic N) is 5. The van der Waals surface area contributed by atoms with Crippen LogP contribution in [-0.4, -0.2) is 55.6 Å². The van der Waals surface area contributed by atoms with Crippen molar-refractivity contribution in [3.8, 4) is 11.5 Å². The Hall–Kier alpha value is -3.81. The van der Waals surface area contributed by atoms with Crippen LogP contribution in [0.4, 0.5) is 17.6 Å². The molecule has 200 valence electrons. The minimum Gasteiger partial charge on any atom is -0.490 e. The van der Waals surface area contributed by atoms with Crippen molar-refractivity contribution in [1.82, 2.24) is 9.97 Å². The molecule has 38 heavy (non-hydrogen) atoms. The van der Waals surface area contributed by atoms with Gasteiger partial charge in [0.1, 0.15) is 30.5 Å². The summed E-state index contributed by atoms with van der Waals surface area (Å²) in [5.41, 5.74) is 5.24. The fraction of sp³-hybridized carbons (Fsp3) is 0.433. The molecule has 3 heterocycles. The molecule has 0 saturated carbocycles. The van der Waals surface area contributed by atoms with Gasteiger partial charge in [0, 0.05) is 32.2 Å². The zero-order valence-corrected chi connectivity index (χ0v) is 22.3. The Bertz CT molecular complexity index is 1150. The fourth-order valence-electron chi connectivity index (χ4n) is 4.85. The van der Waals surface area contributed by atoms with Crippen LogP contribution < -0.4 is 24.7 Å². The molecule has 0 atom stereocenters. The number of anilines is 3. The minimum absolute atomic E-state index is 0.482. The maximum absolute atomic E-state index is 5.83. The van der Waals surface area contributed by atoms with Crippen LogP contribution >= 0.6 is 0 Å². The highest BCUT2D eigenvalue weighted by Gasteiger charge is 2.19. The van der Waals surface area contributed by atoms with Gasteiger partial charge in [0.15, 0.2) is 5.82 Å². The van der Waals surface area contributed by atoms with Gasteiger partial charge in [0.05, 0.1) is 6.21 Å². The third kappa shape index (κ3) is 7.15. The summed E-state index contributed by atoms with van der Waals surface area (Å²) in [4.78, 5) is 14.4. The molecule has 5 rings (SSSR count). The van der Waals surface area contributed by atoms with E-state index in [0.29, 0.717) is 13.2 Å². The lowest BCUT2D eigenvalue weighted by molar-refractivity contribution is 0.216. The molecule has 0 radical (unpaired) electrons. The van der Waals surface area contributed by atoms with Gasteiger partial charge >= 0.3 is 0 Å². The number of hydrazone groups is 1. The summed E-state index contributed by atoms with van der Waals surface area (Å²) >= 11 is 0. The van der Waals surface area contributed by atoms with E-state index in [0.717, 1.165) is 66.4 Å². The third-order valence-electron chi connectivity index (χ3n) is 7.00. The van der Waals surface area contributed by atoms with Crippen LogP contribution in [0.15, 0.2) is 59.7 Å². The second-order valence-corrected chi connectivity index (χ2v) is 9.91. The molecule has 1 N–H and O–H groups in total. The maximum atomic E-state index is 5.83. The summed E-state index contributed by atoms with van der Waals surface area (Å²) in [6.07, 6.45) is 9.18. The molecule has 3 aromatic rings. The monoisotopic (exact) mass is 514 g/mol. The molecule has 2 saturated heterocycles. The fourth-order valence-corrected chi connectivity index (χ4v) is 4.85. The van der Waals surface area contributed by atoms with E-state index >= 15 is 0 Å². The lowest BCUT2D eigenvalue weighted by Crippen LogP contribution is -2.33. The maximum Gasteiger partial charge on any atom is 0.229 e. The van der Waals surface area contributed by atoms with Crippen LogP contribution in [0.3, 0.4) is 0 Å². The first-order valence-electron chi connectivity index (χ1n) is 13.8. The minimum atomic E-state index is 0.482. The van der Waals surface area contributed by atoms with Gasteiger partial charge in [-0.1, -0.05) is 18.2 Å². The zero-order valence-electron chi connectivity index (χ0n) is 22.3. The highest BCUT2D eigenvalue weighted by Crippen LogP contribution is 2.25. The first kappa shape index (κ1) is 25.8. The number of aryl methyl sites for hydroxylation is 1. The van der Waals surface area contributed by atoms with E-state index in [2.05, 4.69) is 20.3 Å². The van der Waals surface area contributed by atoms with Crippen LogP contribution in [0.5, 0.6) is 11.5 Å². The molecule has 2 fully saturated rings. The van der Waals surface area contributed by atoms with E-state index in [1.807, 2.05) is 61.5 Å². The molecule has 8 heteroatoms. The van der Waals surface area contributed by atoms with Crippen molar-refractivity contribution < 1.29 is 9.47 Å². The van der Waals surface area contributed by atoms with Gasteiger partial charge in [-0.15, -0.1) is 0 Å². The summed E-state index contributed by atoms with van der Waals surface area (Å²) in [5.74, 6) is 4.22. The first-order chi connectivity index (χ1) is 18.7. The van der Waals surface area contributed by atoms with Crippen molar-refractivity contribution in [3.63, 3.8) is 0 Å². The van der Waals surface area contributed by atoms with Crippen LogP contribution in [0.25, 0.3) is 0 Å². The first-order valence-corrected chi connectivity index (χ1v) is 13.8. The van der Waals surface area contributed by atoms with Gasteiger partial charge in [-0.25, -0.2) is 0 Å². The number of aromatic nitrogens is 2. The van der Waals surface area contributed by atoms with Crippen molar-refractivity contribution in [2.75, 3.05) is 54.6 Å². The summed E-state index contributed by atoms with van der Waals surface area (Å²) in [6, 6.07) is 17.9. The molecule has 0 unspecified atom stereocenters. The Kier molecular flexibility index (Phi) is 8.92. The van der Waals surface area contributed by atoms with E-state index in [9.17, 15) is 0 Å². The normalized spacial score (nSPS) is 16.0. The molecule has 0 amide bonds. The molecule has 0 aliphatic carbocycles. The number of hydrogen-bond donors (Lipinski definition) is 1. The van der Waals surface area contributed by atoms with Gasteiger partial charge in [0.25, 0.3) is 0 Å². The lowest BCUT2D eigenvalue weighted by atomic mass is 10.1. The predicted octanol–water partition coefficient (Wildman–Crippen LogP) is 5.67. The van der Waals surface area contributed by atoms with Crippen molar-refractivity contribution in [1.29, 1.82) is 0 Å². The standard InChI is InChI=1S/C30H38N6O2/c1-24-10-4-5-11-27(24)38-21-20-37-26-14-12-25(13-15-26)23-31-34-28-22-29(35-16-6-2-7-17-35)33-30(32-28)36-18-8-3-9-19-36/h4-5,10-15,22-23H,2-3,6-9,16-21H2,1H3,(H,32,33,34)/b31-23-. The molecule has 0 bridgehead atoms. The number of piperidine rings is 2. The van der Waals surface area contributed by atoms with Gasteiger partial charge in [-0.2, -0.15) is 15.1 Å². The van der Waals surface area contributed by atoms with Crippen LogP contribution in [0.2, 0.25) is 0 Å². The SMILES string of the molecule is Cc1ccccc1OCCOc1ccc(/C=N\Nc2cc(N3CCCCC3)nc(N3CCCCC3)n2)cc1. The topological polar surface area (TPSA) is 75.1 Å². The molecule has 1 aromatic heterocycles. The number of hydrogen-bond acceptors (Lipinski definition) is 8. The van der Waals surface area contributed by atoms with E-state index in [1.54, 1.807) is 6.21 Å². The highest BCUT2D eigenvalue weighted by atomic mass is 16.5. The molecule has 2 aromatic carbocycles. The second kappa shape index (κ2) is 13.1. The number of benzene rings is 2. The van der Waals surface area contributed by atoms with Gasteiger partial charge in [-0.05, 0) is 86.9 Å². The molecule has 2 aliphatic heterocycles. The average molecular weight is 515 g/mol. The Balaban J connectivity index is 1.16. The largest absolute Gasteiger partial charge is 0.490 e. The van der Waals surface area contributed by atoms with E-state index in [-0.39, 0.29) is 0 Å². The molecular weight excluding hydrogens is 476 g/mol. The van der Waals surface area contributed by atoms with E-state index in [4.69, 9.17) is 19.4 Å². The van der Waals surface area contributed by atoms with E-state index in [1.165, 1.54) is 38.5 Å². The molecular formula is C30H38N6O2. The lowest BCUT2D eigenvalue weighted by Gasteiger charge is -2.31. The van der Waals surface area contributed by atoms with Crippen LogP contribution in [0, 0.1) is 6.92 Å². The number of ether oxygens (including phenoxy) is 2. The van der Waals surface area contributed by atoms with Crippen molar-refractivity contribution >= 4 is 23.8 Å². The summed E-state index contributed by atoms with van der Waals surface area (Å²) in [5, 5.41) is 4.47. The zero-order chi connectivity index (χ0) is 26.0. The van der Waals surface area contributed by atoms with Gasteiger partial charge < -0.3 is 19.3 Å². The second-order valence-electron chi connectivity index (χ2n) is 9.91. The van der Waals surface area contributed by atoms with E-state index < -0.39 is 0 Å². The van der Waals surface area contributed by atoms with Gasteiger partial charge in [-0.3, -0.25) is 5.43 Å². The molecule has 8 nitrogen and oxygen atoms in total. The van der Waals surface area contributed by atoms with Gasteiger partial charge in [0.2, 0.25) is 5.95 Å². The highest BCUT2D eigenvalue weighted by molar-refractivity contribution is 5.80. The predicted molar refractivity (Wildman–Crippen MR) is 154 cm³/mol. The molecule has 0 spiro atoms. The number of rotatable bonds is 10. The van der Waals surface area contributed by atoms with Crippen LogP contribution in [-0.2, 0) is 0 Å². The third-order valence-corrected chi connectivity index (χ3v) is 7.00. The number of nitrogens with one attached hydrogen (secondary N) is 1. The Labute approximate surface area is 225 Å². The Morgan fingerprint density at radius 1 is 0.816 bits per heavy atom. The summed E-state index contributed by atoms with van der Waals surface area (Å²) < 4.78 is 11.6. The van der Waals surface area contributed by atoms with Crippen molar-refractivity contribution in [2.45, 2.75) is 45.4 Å². The Morgan fingerprint density at radius 3 is 2.24 bits per heavy atom. The quantitative estimate of drug-likeness (QED) is 0.212. The summed E-state index contributed by atoms with van der Waals surface area (Å²) in [6.45, 7) is 7.14. The molecule has 2 aliphatic rings. The van der Waals surface area contributed by atoms with Crippen molar-refractivity contribution in [3.05, 3.63) is 65.7 Å². The number of para-hydroxylation sites is 1. The Morgan fingerprint density at radius 2 is 1.50 bits per heavy atom. The average Bonchev–Trinajstić information content (AvgIpc) is 2.98. The summed E-state index contributed by atoms with van der Waals surface area (Å²) in [7, 11) is 0. The smallest absolute Gasteiger partial charge is 0.229 e.